The van der Waals surface area contributed by atoms with Crippen molar-refractivity contribution in [1.82, 2.24) is 5.32 Å². The van der Waals surface area contributed by atoms with Gasteiger partial charge in [0.15, 0.2) is 5.17 Å². The molecule has 1 amide bonds. The lowest BCUT2D eigenvalue weighted by molar-refractivity contribution is -0.118. The van der Waals surface area contributed by atoms with Gasteiger partial charge < -0.3 is 10.1 Å². The zero-order chi connectivity index (χ0) is 18.5. The van der Waals surface area contributed by atoms with Crippen LogP contribution in [0, 0.1) is 0 Å². The van der Waals surface area contributed by atoms with Crippen molar-refractivity contribution in [2.45, 2.75) is 18.6 Å². The quantitative estimate of drug-likeness (QED) is 0.574. The van der Waals surface area contributed by atoms with E-state index in [1.165, 1.54) is 11.8 Å². The van der Waals surface area contributed by atoms with E-state index < -0.39 is 0 Å². The molecule has 0 bridgehead atoms. The summed E-state index contributed by atoms with van der Waals surface area (Å²) in [6.07, 6.45) is 0.657. The lowest BCUT2D eigenvalue weighted by atomic mass is 10.1. The van der Waals surface area contributed by atoms with Crippen LogP contribution in [0.25, 0.3) is 0 Å². The van der Waals surface area contributed by atoms with Crippen LogP contribution in [0.2, 0.25) is 0 Å². The van der Waals surface area contributed by atoms with Crippen LogP contribution in [0.4, 0.5) is 0 Å². The van der Waals surface area contributed by atoms with E-state index in [0.29, 0.717) is 11.6 Å². The van der Waals surface area contributed by atoms with Crippen molar-refractivity contribution in [2.24, 2.45) is 10.2 Å². The molecule has 1 atom stereocenters. The highest BCUT2D eigenvalue weighted by Gasteiger charge is 2.30. The number of rotatable bonds is 5. The van der Waals surface area contributed by atoms with Crippen molar-refractivity contribution in [3.8, 4) is 5.75 Å². The second-order valence-corrected chi connectivity index (χ2v) is 7.85. The highest BCUT2D eigenvalue weighted by atomic mass is 79.9. The number of benzene rings is 2. The van der Waals surface area contributed by atoms with Crippen LogP contribution in [-0.2, 0) is 11.2 Å². The third kappa shape index (κ3) is 4.74. The lowest BCUT2D eigenvalue weighted by Gasteiger charge is -2.05. The first-order valence-electron chi connectivity index (χ1n) is 8.04. The Labute approximate surface area is 165 Å². The summed E-state index contributed by atoms with van der Waals surface area (Å²) in [6.45, 7) is 1.88. The molecule has 26 heavy (non-hydrogen) atoms. The normalized spacial score (nSPS) is 18.9. The summed E-state index contributed by atoms with van der Waals surface area (Å²) >= 11 is 4.83. The fourth-order valence-electron chi connectivity index (χ4n) is 2.43. The SMILES string of the molecule is COc1ccc(C(C)=N/N=C2\NC(=O)C(Cc3ccc(Br)cc3)S2)cc1. The van der Waals surface area contributed by atoms with Crippen LogP contribution in [0.5, 0.6) is 5.75 Å². The van der Waals surface area contributed by atoms with Crippen LogP contribution in [0.15, 0.2) is 63.2 Å². The van der Waals surface area contributed by atoms with Crippen LogP contribution in [0.3, 0.4) is 0 Å². The molecule has 1 unspecified atom stereocenters. The monoisotopic (exact) mass is 431 g/mol. The number of halogens is 1. The van der Waals surface area contributed by atoms with E-state index >= 15 is 0 Å². The molecule has 1 N–H and O–H groups in total. The molecule has 1 aliphatic heterocycles. The summed E-state index contributed by atoms with van der Waals surface area (Å²) < 4.78 is 6.17. The molecule has 0 spiro atoms. The van der Waals surface area contributed by atoms with Crippen LogP contribution >= 0.6 is 27.7 Å². The number of nitrogens with one attached hydrogen (secondary N) is 1. The van der Waals surface area contributed by atoms with Crippen molar-refractivity contribution in [3.63, 3.8) is 0 Å². The summed E-state index contributed by atoms with van der Waals surface area (Å²) in [7, 11) is 1.63. The average molecular weight is 432 g/mol. The highest BCUT2D eigenvalue weighted by Crippen LogP contribution is 2.24. The molecule has 134 valence electrons. The first-order valence-corrected chi connectivity index (χ1v) is 9.71. The molecule has 3 rings (SSSR count). The number of hydrogen-bond donors (Lipinski definition) is 1. The second-order valence-electron chi connectivity index (χ2n) is 5.75. The fourth-order valence-corrected chi connectivity index (χ4v) is 3.65. The van der Waals surface area contributed by atoms with Gasteiger partial charge in [0.25, 0.3) is 0 Å². The van der Waals surface area contributed by atoms with Gasteiger partial charge in [0.05, 0.1) is 18.1 Å². The molecular formula is C19H18BrN3O2S. The number of thioether (sulfide) groups is 1. The molecule has 0 radical (unpaired) electrons. The molecule has 1 saturated heterocycles. The Bertz CT molecular complexity index is 848. The third-order valence-electron chi connectivity index (χ3n) is 3.91. The van der Waals surface area contributed by atoms with Gasteiger partial charge in [-0.2, -0.15) is 5.10 Å². The summed E-state index contributed by atoms with van der Waals surface area (Å²) in [6, 6.07) is 15.6. The molecule has 0 aliphatic carbocycles. The maximum Gasteiger partial charge on any atom is 0.239 e. The number of hydrogen-bond acceptors (Lipinski definition) is 5. The number of ether oxygens (including phenoxy) is 1. The van der Waals surface area contributed by atoms with Crippen molar-refractivity contribution >= 4 is 44.5 Å². The van der Waals surface area contributed by atoms with E-state index in [1.807, 2.05) is 55.5 Å². The Kier molecular flexibility index (Phi) is 6.11. The van der Waals surface area contributed by atoms with Crippen LogP contribution in [0.1, 0.15) is 18.1 Å². The minimum absolute atomic E-state index is 0.0334. The number of carbonyl (C=O) groups is 1. The molecule has 1 fully saturated rings. The molecule has 0 aromatic heterocycles. The Balaban J connectivity index is 1.65. The Morgan fingerprint density at radius 1 is 1.19 bits per heavy atom. The second kappa shape index (κ2) is 8.51. The van der Waals surface area contributed by atoms with Gasteiger partial charge in [-0.1, -0.05) is 39.8 Å². The zero-order valence-corrected chi connectivity index (χ0v) is 16.8. The summed E-state index contributed by atoms with van der Waals surface area (Å²) in [5, 5.41) is 11.6. The van der Waals surface area contributed by atoms with Gasteiger partial charge in [-0.25, -0.2) is 0 Å². The molecule has 2 aromatic rings. The van der Waals surface area contributed by atoms with Gasteiger partial charge in [0.1, 0.15) is 5.75 Å². The van der Waals surface area contributed by atoms with Gasteiger partial charge in [-0.15, -0.1) is 5.10 Å². The molecule has 0 saturated carbocycles. The van der Waals surface area contributed by atoms with E-state index in [4.69, 9.17) is 4.74 Å². The summed E-state index contributed by atoms with van der Waals surface area (Å²) in [5.41, 5.74) is 2.84. The summed E-state index contributed by atoms with van der Waals surface area (Å²) in [5.74, 6) is 0.760. The highest BCUT2D eigenvalue weighted by molar-refractivity contribution is 9.10. The molecule has 5 nitrogen and oxygen atoms in total. The number of amidine groups is 1. The molecule has 1 aliphatic rings. The van der Waals surface area contributed by atoms with E-state index in [0.717, 1.165) is 27.1 Å². The van der Waals surface area contributed by atoms with E-state index in [1.54, 1.807) is 7.11 Å². The minimum atomic E-state index is -0.189. The number of nitrogens with zero attached hydrogens (tertiary/aromatic N) is 2. The number of methoxy groups -OCH3 is 1. The largest absolute Gasteiger partial charge is 0.497 e. The fraction of sp³-hybridized carbons (Fsp3) is 0.211. The lowest BCUT2D eigenvalue weighted by Crippen LogP contribution is -2.25. The average Bonchev–Trinajstić information content (AvgIpc) is 3.01. The number of carbonyl (C=O) groups excluding carboxylic acids is 1. The van der Waals surface area contributed by atoms with Crippen molar-refractivity contribution in [3.05, 3.63) is 64.1 Å². The van der Waals surface area contributed by atoms with Crippen LogP contribution < -0.4 is 10.1 Å². The van der Waals surface area contributed by atoms with E-state index in [9.17, 15) is 4.79 Å². The first-order chi connectivity index (χ1) is 12.5. The Hall–Kier alpha value is -2.12. The zero-order valence-electron chi connectivity index (χ0n) is 14.4. The van der Waals surface area contributed by atoms with Gasteiger partial charge in [0, 0.05) is 4.47 Å². The molecule has 1 heterocycles. The molecule has 7 heteroatoms. The maximum atomic E-state index is 12.2. The topological polar surface area (TPSA) is 63.1 Å². The van der Waals surface area contributed by atoms with Crippen molar-refractivity contribution in [1.29, 1.82) is 0 Å². The third-order valence-corrected chi connectivity index (χ3v) is 5.51. The van der Waals surface area contributed by atoms with Gasteiger partial charge in [-0.05, 0) is 60.9 Å². The smallest absolute Gasteiger partial charge is 0.239 e. The molecular weight excluding hydrogens is 414 g/mol. The van der Waals surface area contributed by atoms with Crippen molar-refractivity contribution < 1.29 is 9.53 Å². The van der Waals surface area contributed by atoms with Crippen LogP contribution in [-0.4, -0.2) is 29.1 Å². The van der Waals surface area contributed by atoms with Crippen molar-refractivity contribution in [2.75, 3.05) is 7.11 Å². The molecule has 2 aromatic carbocycles. The maximum absolute atomic E-state index is 12.2. The van der Waals surface area contributed by atoms with Gasteiger partial charge in [-0.3, -0.25) is 4.79 Å². The Morgan fingerprint density at radius 2 is 1.88 bits per heavy atom. The minimum Gasteiger partial charge on any atom is -0.497 e. The van der Waals surface area contributed by atoms with Gasteiger partial charge >= 0.3 is 0 Å². The first kappa shape index (κ1) is 18.7. The summed E-state index contributed by atoms with van der Waals surface area (Å²) in [4.78, 5) is 12.2. The number of amides is 1. The predicted octanol–water partition coefficient (Wildman–Crippen LogP) is 4.01. The van der Waals surface area contributed by atoms with E-state index in [2.05, 4.69) is 31.4 Å². The van der Waals surface area contributed by atoms with E-state index in [-0.39, 0.29) is 11.2 Å². The van der Waals surface area contributed by atoms with Gasteiger partial charge in [0.2, 0.25) is 5.91 Å². The Morgan fingerprint density at radius 3 is 2.54 bits per heavy atom. The predicted molar refractivity (Wildman–Crippen MR) is 110 cm³/mol. The standard InChI is InChI=1S/C19H18BrN3O2S/c1-12(14-5-9-16(25-2)10-6-14)22-23-19-21-18(24)17(26-19)11-13-3-7-15(20)8-4-13/h3-10,17H,11H2,1-2H3,(H,21,23,24).